The number of hydrogen-bond acceptors (Lipinski definition) is 3. The van der Waals surface area contributed by atoms with Crippen LogP contribution >= 0.6 is 11.3 Å². The Bertz CT molecular complexity index is 684. The lowest BCUT2D eigenvalue weighted by Crippen LogP contribution is -2.28. The molecule has 0 radical (unpaired) electrons. The molecular weight excluding hydrogens is 266 g/mol. The van der Waals surface area contributed by atoms with Crippen LogP contribution in [0.5, 0.6) is 0 Å². The van der Waals surface area contributed by atoms with E-state index >= 15 is 0 Å². The van der Waals surface area contributed by atoms with Crippen molar-refractivity contribution in [2.24, 2.45) is 0 Å². The minimum atomic E-state index is 0.445. The minimum absolute atomic E-state index is 0.445. The van der Waals surface area contributed by atoms with Gasteiger partial charge in [0.05, 0.1) is 11.4 Å². The molecule has 0 saturated heterocycles. The first-order valence-electron chi connectivity index (χ1n) is 6.92. The molecule has 0 saturated carbocycles. The smallest absolute Gasteiger partial charge is 0.194 e. The zero-order valence-corrected chi connectivity index (χ0v) is 12.7. The van der Waals surface area contributed by atoms with E-state index in [1.165, 1.54) is 11.3 Å². The number of rotatable bonds is 5. The van der Waals surface area contributed by atoms with Crippen molar-refractivity contribution < 1.29 is 0 Å². The van der Waals surface area contributed by atoms with Gasteiger partial charge in [0.1, 0.15) is 0 Å². The van der Waals surface area contributed by atoms with Crippen LogP contribution in [0.2, 0.25) is 0 Å². The van der Waals surface area contributed by atoms with Crippen LogP contribution in [0.25, 0.3) is 4.96 Å². The van der Waals surface area contributed by atoms with E-state index in [2.05, 4.69) is 70.5 Å². The third-order valence-corrected chi connectivity index (χ3v) is 4.32. The number of nitrogens with zero attached hydrogens (tertiary/aromatic N) is 2. The Morgan fingerprint density at radius 2 is 2.10 bits per heavy atom. The van der Waals surface area contributed by atoms with Crippen LogP contribution < -0.4 is 5.32 Å². The lowest BCUT2D eigenvalue weighted by Gasteiger charge is -2.14. The Hall–Kier alpha value is -1.65. The van der Waals surface area contributed by atoms with Crippen LogP contribution in [-0.4, -0.2) is 15.4 Å². The number of benzene rings is 1. The second-order valence-corrected chi connectivity index (χ2v) is 6.04. The molecule has 2 heterocycles. The Balaban J connectivity index is 1.64. The SMILES string of the molecule is Cc1nc2sccn2c1CNC(C)Cc1ccccc1. The molecule has 1 N–H and O–H groups in total. The molecule has 1 atom stereocenters. The van der Waals surface area contributed by atoms with Gasteiger partial charge in [-0.1, -0.05) is 30.3 Å². The van der Waals surface area contributed by atoms with E-state index in [4.69, 9.17) is 0 Å². The summed E-state index contributed by atoms with van der Waals surface area (Å²) < 4.78 is 2.18. The first kappa shape index (κ1) is 13.3. The summed E-state index contributed by atoms with van der Waals surface area (Å²) in [6.45, 7) is 5.17. The number of fused-ring (bicyclic) bond motifs is 1. The summed E-state index contributed by atoms with van der Waals surface area (Å²) in [5.74, 6) is 0. The van der Waals surface area contributed by atoms with Crippen LogP contribution in [0.3, 0.4) is 0 Å². The number of aryl methyl sites for hydroxylation is 1. The highest BCUT2D eigenvalue weighted by atomic mass is 32.1. The van der Waals surface area contributed by atoms with Crippen molar-refractivity contribution >= 4 is 16.3 Å². The Labute approximate surface area is 123 Å². The lowest BCUT2D eigenvalue weighted by molar-refractivity contribution is 0.537. The molecule has 1 unspecified atom stereocenters. The third-order valence-electron chi connectivity index (χ3n) is 3.56. The van der Waals surface area contributed by atoms with Gasteiger partial charge < -0.3 is 5.32 Å². The normalized spacial score (nSPS) is 12.9. The highest BCUT2D eigenvalue weighted by molar-refractivity contribution is 7.15. The van der Waals surface area contributed by atoms with Crippen LogP contribution in [0.15, 0.2) is 41.9 Å². The van der Waals surface area contributed by atoms with Gasteiger partial charge in [-0.25, -0.2) is 4.98 Å². The maximum absolute atomic E-state index is 4.58. The predicted octanol–water partition coefficient (Wildman–Crippen LogP) is 3.43. The molecule has 3 aromatic rings. The van der Waals surface area contributed by atoms with Crippen LogP contribution in [0.1, 0.15) is 23.9 Å². The monoisotopic (exact) mass is 285 g/mol. The van der Waals surface area contributed by atoms with Crippen LogP contribution in [-0.2, 0) is 13.0 Å². The summed E-state index contributed by atoms with van der Waals surface area (Å²) in [7, 11) is 0. The first-order valence-corrected chi connectivity index (χ1v) is 7.80. The number of imidazole rings is 1. The van der Waals surface area contributed by atoms with Crippen molar-refractivity contribution in [1.29, 1.82) is 0 Å². The number of hydrogen-bond donors (Lipinski definition) is 1. The van der Waals surface area contributed by atoms with Gasteiger partial charge in [-0.15, -0.1) is 11.3 Å². The first-order chi connectivity index (χ1) is 9.74. The second-order valence-electron chi connectivity index (χ2n) is 5.17. The fourth-order valence-corrected chi connectivity index (χ4v) is 3.24. The van der Waals surface area contributed by atoms with Crippen molar-refractivity contribution in [2.45, 2.75) is 32.9 Å². The molecule has 0 spiro atoms. The Morgan fingerprint density at radius 1 is 1.30 bits per heavy atom. The van der Waals surface area contributed by atoms with Gasteiger partial charge in [0.15, 0.2) is 4.96 Å². The summed E-state index contributed by atoms with van der Waals surface area (Å²) in [4.78, 5) is 5.66. The zero-order chi connectivity index (χ0) is 13.9. The minimum Gasteiger partial charge on any atom is -0.308 e. The van der Waals surface area contributed by atoms with Gasteiger partial charge in [0.25, 0.3) is 0 Å². The van der Waals surface area contributed by atoms with Crippen molar-refractivity contribution in [1.82, 2.24) is 14.7 Å². The van der Waals surface area contributed by atoms with Gasteiger partial charge >= 0.3 is 0 Å². The standard InChI is InChI=1S/C16H19N3S/c1-12(10-14-6-4-3-5-7-14)17-11-15-13(2)18-16-19(15)8-9-20-16/h3-9,12,17H,10-11H2,1-2H3. The molecule has 3 nitrogen and oxygen atoms in total. The van der Waals surface area contributed by atoms with Gasteiger partial charge in [-0.3, -0.25) is 4.40 Å². The van der Waals surface area contributed by atoms with E-state index in [1.54, 1.807) is 11.3 Å². The molecule has 2 aromatic heterocycles. The Kier molecular flexibility index (Phi) is 3.85. The average Bonchev–Trinajstić information content (AvgIpc) is 2.98. The van der Waals surface area contributed by atoms with E-state index in [0.717, 1.165) is 23.6 Å². The predicted molar refractivity (Wildman–Crippen MR) is 84.3 cm³/mol. The summed E-state index contributed by atoms with van der Waals surface area (Å²) in [6.07, 6.45) is 3.14. The molecule has 3 rings (SSSR count). The molecule has 0 fully saturated rings. The second kappa shape index (κ2) is 5.77. The van der Waals surface area contributed by atoms with Crippen LogP contribution in [0, 0.1) is 6.92 Å². The molecule has 20 heavy (non-hydrogen) atoms. The fourth-order valence-electron chi connectivity index (χ4n) is 2.46. The molecule has 4 heteroatoms. The number of aromatic nitrogens is 2. The summed E-state index contributed by atoms with van der Waals surface area (Å²) in [5, 5.41) is 5.68. The largest absolute Gasteiger partial charge is 0.308 e. The lowest BCUT2D eigenvalue weighted by atomic mass is 10.1. The van der Waals surface area contributed by atoms with Gasteiger partial charge in [0.2, 0.25) is 0 Å². The molecule has 0 amide bonds. The summed E-state index contributed by atoms with van der Waals surface area (Å²) >= 11 is 1.68. The molecule has 1 aromatic carbocycles. The molecule has 0 aliphatic carbocycles. The average molecular weight is 285 g/mol. The zero-order valence-electron chi connectivity index (χ0n) is 11.8. The van der Waals surface area contributed by atoms with E-state index in [1.807, 2.05) is 0 Å². The molecule has 0 bridgehead atoms. The van der Waals surface area contributed by atoms with Crippen molar-refractivity contribution in [3.63, 3.8) is 0 Å². The molecular formula is C16H19N3S. The third kappa shape index (κ3) is 2.76. The summed E-state index contributed by atoms with van der Waals surface area (Å²) in [6, 6.07) is 11.1. The molecule has 0 aliphatic rings. The number of nitrogens with one attached hydrogen (secondary N) is 1. The van der Waals surface area contributed by atoms with E-state index in [0.29, 0.717) is 6.04 Å². The van der Waals surface area contributed by atoms with Gasteiger partial charge in [-0.2, -0.15) is 0 Å². The fraction of sp³-hybridized carbons (Fsp3) is 0.312. The maximum atomic E-state index is 4.58. The molecule has 0 aliphatic heterocycles. The van der Waals surface area contributed by atoms with Crippen molar-refractivity contribution in [3.05, 3.63) is 58.9 Å². The highest BCUT2D eigenvalue weighted by Gasteiger charge is 2.10. The highest BCUT2D eigenvalue weighted by Crippen LogP contribution is 2.16. The maximum Gasteiger partial charge on any atom is 0.194 e. The topological polar surface area (TPSA) is 29.3 Å². The van der Waals surface area contributed by atoms with Crippen LogP contribution in [0.4, 0.5) is 0 Å². The van der Waals surface area contributed by atoms with Crippen molar-refractivity contribution in [2.75, 3.05) is 0 Å². The quantitative estimate of drug-likeness (QED) is 0.778. The van der Waals surface area contributed by atoms with E-state index in [9.17, 15) is 0 Å². The summed E-state index contributed by atoms with van der Waals surface area (Å²) in [5.41, 5.74) is 3.76. The molecule has 104 valence electrons. The van der Waals surface area contributed by atoms with E-state index < -0.39 is 0 Å². The van der Waals surface area contributed by atoms with Gasteiger partial charge in [0, 0.05) is 24.2 Å². The van der Waals surface area contributed by atoms with Gasteiger partial charge in [-0.05, 0) is 25.8 Å². The Morgan fingerprint density at radius 3 is 2.90 bits per heavy atom. The number of thiazole rings is 1. The van der Waals surface area contributed by atoms with Crippen molar-refractivity contribution in [3.8, 4) is 0 Å². The van der Waals surface area contributed by atoms with E-state index in [-0.39, 0.29) is 0 Å².